The fourth-order valence-corrected chi connectivity index (χ4v) is 4.65. The van der Waals surface area contributed by atoms with Crippen LogP contribution in [0.25, 0.3) is 0 Å². The molecule has 0 saturated heterocycles. The molecule has 0 aliphatic carbocycles. The van der Waals surface area contributed by atoms with E-state index in [0.717, 1.165) is 9.79 Å². The van der Waals surface area contributed by atoms with Crippen molar-refractivity contribution in [2.75, 3.05) is 4.72 Å². The number of benzene rings is 3. The summed E-state index contributed by atoms with van der Waals surface area (Å²) in [6, 6.07) is 19.2. The molecule has 5 nitrogen and oxygen atoms in total. The van der Waals surface area contributed by atoms with E-state index in [1.807, 2.05) is 6.07 Å². The van der Waals surface area contributed by atoms with Crippen LogP contribution in [0.15, 0.2) is 81.4 Å². The van der Waals surface area contributed by atoms with Crippen LogP contribution in [0.5, 0.6) is 0 Å². The van der Waals surface area contributed by atoms with Gasteiger partial charge in [-0.05, 0) is 79.1 Å². The Morgan fingerprint density at radius 3 is 2.10 bits per heavy atom. The topological polar surface area (TPSA) is 83.5 Å². The number of aliphatic carboxylic acids is 1. The van der Waals surface area contributed by atoms with Crippen molar-refractivity contribution in [1.82, 2.24) is 0 Å². The molecule has 0 aromatic heterocycles. The molecule has 150 valence electrons. The third kappa shape index (κ3) is 5.62. The van der Waals surface area contributed by atoms with Gasteiger partial charge < -0.3 is 5.11 Å². The van der Waals surface area contributed by atoms with Gasteiger partial charge in [-0.3, -0.25) is 9.52 Å². The van der Waals surface area contributed by atoms with Gasteiger partial charge in [-0.15, -0.1) is 0 Å². The first kappa shape index (κ1) is 21.0. The second-order valence-electron chi connectivity index (χ2n) is 6.69. The number of hydrogen-bond acceptors (Lipinski definition) is 4. The zero-order chi connectivity index (χ0) is 21.0. The molecule has 3 aromatic rings. The van der Waals surface area contributed by atoms with Crippen molar-refractivity contribution in [3.05, 3.63) is 83.4 Å². The molecule has 3 rings (SSSR count). The molecule has 0 spiro atoms. The van der Waals surface area contributed by atoms with Gasteiger partial charge in [-0.25, -0.2) is 8.42 Å². The lowest BCUT2D eigenvalue weighted by atomic mass is 10.1. The highest BCUT2D eigenvalue weighted by atomic mass is 32.2. The summed E-state index contributed by atoms with van der Waals surface area (Å²) in [5, 5.41) is 8.80. The van der Waals surface area contributed by atoms with Crippen LogP contribution in [0.2, 0.25) is 0 Å². The van der Waals surface area contributed by atoms with Crippen LogP contribution in [0, 0.1) is 13.8 Å². The van der Waals surface area contributed by atoms with Gasteiger partial charge in [0.05, 0.1) is 11.3 Å². The first-order valence-corrected chi connectivity index (χ1v) is 11.2. The molecule has 0 saturated carbocycles. The van der Waals surface area contributed by atoms with E-state index < -0.39 is 16.0 Å². The summed E-state index contributed by atoms with van der Waals surface area (Å²) in [7, 11) is -3.73. The third-order valence-electron chi connectivity index (χ3n) is 4.41. The second-order valence-corrected chi connectivity index (χ2v) is 9.52. The summed E-state index contributed by atoms with van der Waals surface area (Å²) in [6.45, 7) is 4.13. The van der Waals surface area contributed by atoms with Crippen LogP contribution in [-0.2, 0) is 21.2 Å². The highest BCUT2D eigenvalue weighted by molar-refractivity contribution is 7.99. The van der Waals surface area contributed by atoms with E-state index in [1.54, 1.807) is 60.3 Å². The van der Waals surface area contributed by atoms with Crippen LogP contribution in [0.4, 0.5) is 5.69 Å². The number of sulfonamides is 1. The number of carbonyl (C=O) groups is 1. The van der Waals surface area contributed by atoms with E-state index in [0.29, 0.717) is 11.3 Å². The lowest BCUT2D eigenvalue weighted by Gasteiger charge is -2.10. The van der Waals surface area contributed by atoms with Gasteiger partial charge in [0.25, 0.3) is 10.0 Å². The molecule has 0 unspecified atom stereocenters. The lowest BCUT2D eigenvalue weighted by Crippen LogP contribution is -2.12. The zero-order valence-electron chi connectivity index (χ0n) is 16.0. The molecule has 7 heteroatoms. The van der Waals surface area contributed by atoms with Gasteiger partial charge in [0, 0.05) is 15.5 Å². The molecule has 0 amide bonds. The fraction of sp³-hybridized carbons (Fsp3) is 0.136. The Labute approximate surface area is 174 Å². The molecule has 3 aromatic carbocycles. The molecule has 0 fully saturated rings. The van der Waals surface area contributed by atoms with Crippen LogP contribution >= 0.6 is 11.8 Å². The molecular formula is C22H21NO4S2. The number of carboxylic acid groups (broad SMARTS) is 1. The largest absolute Gasteiger partial charge is 0.481 e. The third-order valence-corrected chi connectivity index (χ3v) is 6.80. The van der Waals surface area contributed by atoms with Crippen molar-refractivity contribution in [2.24, 2.45) is 0 Å². The van der Waals surface area contributed by atoms with E-state index in [1.165, 1.54) is 11.1 Å². The normalized spacial score (nSPS) is 11.2. The molecule has 0 aliphatic heterocycles. The molecule has 0 atom stereocenters. The summed E-state index contributed by atoms with van der Waals surface area (Å²) in [4.78, 5) is 12.9. The second kappa shape index (κ2) is 8.71. The van der Waals surface area contributed by atoms with Crippen molar-refractivity contribution in [3.8, 4) is 0 Å². The Morgan fingerprint density at radius 1 is 0.897 bits per heavy atom. The molecular weight excluding hydrogens is 406 g/mol. The first-order valence-electron chi connectivity index (χ1n) is 8.92. The van der Waals surface area contributed by atoms with Crippen LogP contribution in [-0.4, -0.2) is 19.5 Å². The van der Waals surface area contributed by atoms with Gasteiger partial charge in [0.1, 0.15) is 0 Å². The minimum Gasteiger partial charge on any atom is -0.481 e. The molecule has 0 bridgehead atoms. The first-order chi connectivity index (χ1) is 13.7. The number of nitrogens with one attached hydrogen (secondary N) is 1. The fourth-order valence-electron chi connectivity index (χ4n) is 2.68. The Morgan fingerprint density at radius 2 is 1.52 bits per heavy atom. The quantitative estimate of drug-likeness (QED) is 0.561. The van der Waals surface area contributed by atoms with Crippen molar-refractivity contribution in [1.29, 1.82) is 0 Å². The van der Waals surface area contributed by atoms with Crippen LogP contribution in [0.1, 0.15) is 16.7 Å². The minimum atomic E-state index is -3.73. The number of carboxylic acids is 1. The van der Waals surface area contributed by atoms with Crippen LogP contribution in [0.3, 0.4) is 0 Å². The summed E-state index contributed by atoms with van der Waals surface area (Å²) in [5.41, 5.74) is 3.44. The van der Waals surface area contributed by atoms with E-state index in [4.69, 9.17) is 5.11 Å². The van der Waals surface area contributed by atoms with Gasteiger partial charge in [-0.2, -0.15) is 0 Å². The maximum absolute atomic E-state index is 12.6. The van der Waals surface area contributed by atoms with E-state index >= 15 is 0 Å². The highest BCUT2D eigenvalue weighted by Crippen LogP contribution is 2.30. The Bertz CT molecular complexity index is 1120. The van der Waals surface area contributed by atoms with Crippen molar-refractivity contribution < 1.29 is 18.3 Å². The highest BCUT2D eigenvalue weighted by Gasteiger charge is 2.14. The average Bonchev–Trinajstić information content (AvgIpc) is 2.66. The summed E-state index contributed by atoms with van der Waals surface area (Å²) >= 11 is 1.58. The average molecular weight is 428 g/mol. The van der Waals surface area contributed by atoms with Crippen molar-refractivity contribution >= 4 is 33.4 Å². The van der Waals surface area contributed by atoms with Gasteiger partial charge >= 0.3 is 5.97 Å². The smallest absolute Gasteiger partial charge is 0.307 e. The zero-order valence-corrected chi connectivity index (χ0v) is 17.7. The standard InChI is InChI=1S/C22H21NO4S2/c1-15-3-8-20(13-16(15)2)28-19-9-11-21(12-10-19)29(26,27)23-18-6-4-17(5-7-18)14-22(24)25/h3-13,23H,14H2,1-2H3,(H,24,25). The molecule has 29 heavy (non-hydrogen) atoms. The van der Waals surface area contributed by atoms with Gasteiger partial charge in [0.15, 0.2) is 0 Å². The summed E-state index contributed by atoms with van der Waals surface area (Å²) in [6.07, 6.45) is -0.104. The lowest BCUT2D eigenvalue weighted by molar-refractivity contribution is -0.136. The maximum Gasteiger partial charge on any atom is 0.307 e. The number of rotatable bonds is 7. The number of hydrogen-bond donors (Lipinski definition) is 2. The van der Waals surface area contributed by atoms with Gasteiger partial charge in [0.2, 0.25) is 0 Å². The monoisotopic (exact) mass is 427 g/mol. The SMILES string of the molecule is Cc1ccc(Sc2ccc(S(=O)(=O)Nc3ccc(CC(=O)O)cc3)cc2)cc1C. The Hall–Kier alpha value is -2.77. The molecule has 2 N–H and O–H groups in total. The molecule has 0 heterocycles. The van der Waals surface area contributed by atoms with Crippen molar-refractivity contribution in [3.63, 3.8) is 0 Å². The predicted octanol–water partition coefficient (Wildman–Crippen LogP) is 4.88. The number of aryl methyl sites for hydroxylation is 2. The number of anilines is 1. The Balaban J connectivity index is 1.70. The van der Waals surface area contributed by atoms with E-state index in [9.17, 15) is 13.2 Å². The summed E-state index contributed by atoms with van der Waals surface area (Å²) < 4.78 is 27.7. The maximum atomic E-state index is 12.6. The van der Waals surface area contributed by atoms with Gasteiger partial charge in [-0.1, -0.05) is 30.0 Å². The Kier molecular flexibility index (Phi) is 6.30. The molecule has 0 radical (unpaired) electrons. The predicted molar refractivity (Wildman–Crippen MR) is 115 cm³/mol. The molecule has 0 aliphatic rings. The van der Waals surface area contributed by atoms with E-state index in [2.05, 4.69) is 30.7 Å². The van der Waals surface area contributed by atoms with E-state index in [-0.39, 0.29) is 11.3 Å². The minimum absolute atomic E-state index is 0.104. The van der Waals surface area contributed by atoms with Crippen molar-refractivity contribution in [2.45, 2.75) is 35.0 Å². The van der Waals surface area contributed by atoms with Crippen LogP contribution < -0.4 is 4.72 Å². The summed E-state index contributed by atoms with van der Waals surface area (Å²) in [5.74, 6) is -0.933.